The maximum absolute atomic E-state index is 11.8. The van der Waals surface area contributed by atoms with Gasteiger partial charge in [-0.1, -0.05) is 30.3 Å². The number of benzene rings is 2. The van der Waals surface area contributed by atoms with E-state index in [1.165, 1.54) is 0 Å². The van der Waals surface area contributed by atoms with Gasteiger partial charge in [0.05, 0.1) is 13.7 Å². The van der Waals surface area contributed by atoms with Crippen LogP contribution in [0, 0.1) is 0 Å². The molecule has 2 aromatic carbocycles. The minimum atomic E-state index is -0.261. The number of methoxy groups -OCH3 is 1. The van der Waals surface area contributed by atoms with Gasteiger partial charge in [-0.15, -0.1) is 0 Å². The molecule has 5 heteroatoms. The van der Waals surface area contributed by atoms with E-state index in [0.717, 1.165) is 11.3 Å². The molecule has 0 aliphatic carbocycles. The smallest absolute Gasteiger partial charge is 0.243 e. The number of hydrogen-bond donors (Lipinski definition) is 2. The molecule has 5 nitrogen and oxygen atoms in total. The largest absolute Gasteiger partial charge is 0.497 e. The molecule has 0 bridgehead atoms. The summed E-state index contributed by atoms with van der Waals surface area (Å²) in [6.07, 6.45) is 1.02. The number of nitrogens with one attached hydrogen (secondary N) is 2. The lowest BCUT2D eigenvalue weighted by molar-refractivity contribution is -0.124. The van der Waals surface area contributed by atoms with Gasteiger partial charge < -0.3 is 15.4 Å². The Kier molecular flexibility index (Phi) is 6.17. The Morgan fingerprint density at radius 1 is 0.957 bits per heavy atom. The Morgan fingerprint density at radius 3 is 2.30 bits per heavy atom. The van der Waals surface area contributed by atoms with Crippen LogP contribution in [-0.2, 0) is 16.0 Å². The zero-order valence-corrected chi connectivity index (χ0v) is 13.0. The van der Waals surface area contributed by atoms with Crippen LogP contribution in [0.25, 0.3) is 0 Å². The molecule has 0 saturated heterocycles. The first-order valence-electron chi connectivity index (χ1n) is 7.42. The van der Waals surface area contributed by atoms with Crippen molar-refractivity contribution < 1.29 is 14.3 Å². The summed E-state index contributed by atoms with van der Waals surface area (Å²) in [7, 11) is 1.58. The van der Waals surface area contributed by atoms with Crippen molar-refractivity contribution in [3.05, 3.63) is 60.2 Å². The molecule has 2 N–H and O–H groups in total. The van der Waals surface area contributed by atoms with Crippen molar-refractivity contribution in [1.82, 2.24) is 5.32 Å². The van der Waals surface area contributed by atoms with Crippen molar-refractivity contribution in [2.75, 3.05) is 19.0 Å². The average Bonchev–Trinajstić information content (AvgIpc) is 2.60. The Morgan fingerprint density at radius 2 is 1.65 bits per heavy atom. The monoisotopic (exact) mass is 312 g/mol. The molecule has 23 heavy (non-hydrogen) atoms. The normalized spacial score (nSPS) is 9.96. The van der Waals surface area contributed by atoms with E-state index < -0.39 is 0 Å². The lowest BCUT2D eigenvalue weighted by Crippen LogP contribution is -2.32. The Balaban J connectivity index is 1.69. The fraction of sp³-hybridized carbons (Fsp3) is 0.222. The van der Waals surface area contributed by atoms with Gasteiger partial charge in [-0.2, -0.15) is 0 Å². The molecule has 2 amide bonds. The summed E-state index contributed by atoms with van der Waals surface area (Å²) in [6, 6.07) is 16.8. The second-order valence-corrected chi connectivity index (χ2v) is 5.04. The third-order valence-corrected chi connectivity index (χ3v) is 3.30. The van der Waals surface area contributed by atoms with Crippen molar-refractivity contribution in [1.29, 1.82) is 0 Å². The second-order valence-electron chi connectivity index (χ2n) is 5.04. The quantitative estimate of drug-likeness (QED) is 0.825. The molecular formula is C18H20N2O3. The molecule has 0 spiro atoms. The van der Waals surface area contributed by atoms with E-state index in [9.17, 15) is 9.59 Å². The molecule has 0 aliphatic heterocycles. The first kappa shape index (κ1) is 16.5. The number of amides is 2. The molecule has 0 aromatic heterocycles. The summed E-state index contributed by atoms with van der Waals surface area (Å²) in [4.78, 5) is 23.5. The van der Waals surface area contributed by atoms with Gasteiger partial charge in [0.15, 0.2) is 0 Å². The summed E-state index contributed by atoms with van der Waals surface area (Å²) in [5.41, 5.74) is 1.76. The highest BCUT2D eigenvalue weighted by Crippen LogP contribution is 2.14. The highest BCUT2D eigenvalue weighted by molar-refractivity contribution is 5.94. The molecule has 0 radical (unpaired) electrons. The van der Waals surface area contributed by atoms with Gasteiger partial charge in [0, 0.05) is 12.1 Å². The molecule has 2 rings (SSSR count). The number of anilines is 1. The highest BCUT2D eigenvalue weighted by atomic mass is 16.5. The fourth-order valence-corrected chi connectivity index (χ4v) is 2.05. The third kappa shape index (κ3) is 5.82. The van der Waals surface area contributed by atoms with Crippen molar-refractivity contribution in [2.24, 2.45) is 0 Å². The Hall–Kier alpha value is -2.82. The predicted octanol–water partition coefficient (Wildman–Crippen LogP) is 2.38. The maximum Gasteiger partial charge on any atom is 0.243 e. The SMILES string of the molecule is COc1ccc(NC(=O)CNC(=O)CCc2ccccc2)cc1. The van der Waals surface area contributed by atoms with Gasteiger partial charge in [0.1, 0.15) is 5.75 Å². The molecule has 0 saturated carbocycles. The molecule has 0 aliphatic rings. The zero-order valence-electron chi connectivity index (χ0n) is 13.0. The van der Waals surface area contributed by atoms with Crippen molar-refractivity contribution in [2.45, 2.75) is 12.8 Å². The average molecular weight is 312 g/mol. The van der Waals surface area contributed by atoms with Crippen LogP contribution in [0.15, 0.2) is 54.6 Å². The predicted molar refractivity (Wildman–Crippen MR) is 89.4 cm³/mol. The van der Waals surface area contributed by atoms with Crippen LogP contribution in [0.5, 0.6) is 5.75 Å². The van der Waals surface area contributed by atoms with Gasteiger partial charge in [-0.25, -0.2) is 0 Å². The first-order chi connectivity index (χ1) is 11.2. The minimum absolute atomic E-state index is 0.0420. The van der Waals surface area contributed by atoms with Gasteiger partial charge in [0.25, 0.3) is 0 Å². The molecule has 120 valence electrons. The molecule has 0 heterocycles. The first-order valence-corrected chi connectivity index (χ1v) is 7.42. The number of rotatable bonds is 7. The van der Waals surface area contributed by atoms with Crippen LogP contribution >= 0.6 is 0 Å². The van der Waals surface area contributed by atoms with Crippen molar-refractivity contribution in [3.63, 3.8) is 0 Å². The van der Waals surface area contributed by atoms with Crippen LogP contribution in [-0.4, -0.2) is 25.5 Å². The topological polar surface area (TPSA) is 67.4 Å². The summed E-state index contributed by atoms with van der Waals surface area (Å²) in [5.74, 6) is 0.319. The number of aryl methyl sites for hydroxylation is 1. The maximum atomic E-state index is 11.8. The number of ether oxygens (including phenoxy) is 1. The van der Waals surface area contributed by atoms with E-state index in [1.807, 2.05) is 30.3 Å². The van der Waals surface area contributed by atoms with E-state index >= 15 is 0 Å². The molecule has 0 atom stereocenters. The lowest BCUT2D eigenvalue weighted by atomic mass is 10.1. The van der Waals surface area contributed by atoms with E-state index in [2.05, 4.69) is 10.6 Å². The second kappa shape index (κ2) is 8.58. The van der Waals surface area contributed by atoms with Crippen molar-refractivity contribution >= 4 is 17.5 Å². The summed E-state index contributed by atoms with van der Waals surface area (Å²) in [6.45, 7) is -0.0420. The minimum Gasteiger partial charge on any atom is -0.497 e. The van der Waals surface area contributed by atoms with Crippen LogP contribution < -0.4 is 15.4 Å². The Labute approximate surface area is 135 Å². The van der Waals surface area contributed by atoms with Crippen LogP contribution in [0.1, 0.15) is 12.0 Å². The van der Waals surface area contributed by atoms with E-state index in [1.54, 1.807) is 31.4 Å². The molecule has 0 fully saturated rings. The summed E-state index contributed by atoms with van der Waals surface area (Å²) in [5, 5.41) is 5.33. The lowest BCUT2D eigenvalue weighted by Gasteiger charge is -2.08. The zero-order chi connectivity index (χ0) is 16.5. The van der Waals surface area contributed by atoms with Gasteiger partial charge in [-0.3, -0.25) is 9.59 Å². The Bertz CT molecular complexity index is 639. The van der Waals surface area contributed by atoms with E-state index in [-0.39, 0.29) is 18.4 Å². The third-order valence-electron chi connectivity index (χ3n) is 3.30. The summed E-state index contributed by atoms with van der Waals surface area (Å²) < 4.78 is 5.05. The van der Waals surface area contributed by atoms with E-state index in [4.69, 9.17) is 4.74 Å². The van der Waals surface area contributed by atoms with Gasteiger partial charge in [-0.05, 0) is 36.2 Å². The van der Waals surface area contributed by atoms with Crippen LogP contribution in [0.3, 0.4) is 0 Å². The van der Waals surface area contributed by atoms with Gasteiger partial charge >= 0.3 is 0 Å². The molecule has 0 unspecified atom stereocenters. The summed E-state index contributed by atoms with van der Waals surface area (Å²) >= 11 is 0. The standard InChI is InChI=1S/C18H20N2O3/c1-23-16-10-8-15(9-11-16)20-18(22)13-19-17(21)12-7-14-5-3-2-4-6-14/h2-6,8-11H,7,12-13H2,1H3,(H,19,21)(H,20,22). The van der Waals surface area contributed by atoms with Gasteiger partial charge in [0.2, 0.25) is 11.8 Å². The number of carbonyl (C=O) groups is 2. The molecule has 2 aromatic rings. The molecular weight excluding hydrogens is 292 g/mol. The fourth-order valence-electron chi connectivity index (χ4n) is 2.05. The van der Waals surface area contributed by atoms with E-state index in [0.29, 0.717) is 18.5 Å². The highest BCUT2D eigenvalue weighted by Gasteiger charge is 2.06. The van der Waals surface area contributed by atoms with Crippen LogP contribution in [0.4, 0.5) is 5.69 Å². The number of hydrogen-bond acceptors (Lipinski definition) is 3. The van der Waals surface area contributed by atoms with Crippen LogP contribution in [0.2, 0.25) is 0 Å². The van der Waals surface area contributed by atoms with Crippen molar-refractivity contribution in [3.8, 4) is 5.75 Å². The number of carbonyl (C=O) groups excluding carboxylic acids is 2.